The zero-order chi connectivity index (χ0) is 16.0. The number of likely N-dealkylation sites (tertiary alicyclic amines) is 1. The summed E-state index contributed by atoms with van der Waals surface area (Å²) < 4.78 is 37.0. The summed E-state index contributed by atoms with van der Waals surface area (Å²) in [5, 5.41) is 5.35. The first-order valence-electron chi connectivity index (χ1n) is 7.44. The van der Waals surface area contributed by atoms with Gasteiger partial charge in [0, 0.05) is 39.1 Å². The topological polar surface area (TPSA) is 44.4 Å². The molecule has 2 N–H and O–H groups in total. The number of rotatable bonds is 6. The number of amides is 1. The van der Waals surface area contributed by atoms with Crippen LogP contribution in [0.2, 0.25) is 0 Å². The third-order valence-corrected chi connectivity index (χ3v) is 3.89. The Balaban J connectivity index is 2.49. The Labute approximate surface area is 124 Å². The minimum atomic E-state index is -4.17. The summed E-state index contributed by atoms with van der Waals surface area (Å²) in [7, 11) is 0. The molecule has 0 bridgehead atoms. The first kappa shape index (κ1) is 18.2. The predicted molar refractivity (Wildman–Crippen MR) is 75.9 cm³/mol. The Morgan fingerprint density at radius 3 is 2.52 bits per heavy atom. The second-order valence-electron chi connectivity index (χ2n) is 6.18. The van der Waals surface area contributed by atoms with Crippen LogP contribution in [-0.2, 0) is 4.79 Å². The lowest BCUT2D eigenvalue weighted by Crippen LogP contribution is -2.53. The van der Waals surface area contributed by atoms with Gasteiger partial charge in [-0.15, -0.1) is 0 Å². The van der Waals surface area contributed by atoms with E-state index in [-0.39, 0.29) is 11.9 Å². The van der Waals surface area contributed by atoms with Crippen LogP contribution in [0.1, 0.15) is 27.2 Å². The van der Waals surface area contributed by atoms with Gasteiger partial charge in [0.15, 0.2) is 0 Å². The van der Waals surface area contributed by atoms with Crippen molar-refractivity contribution < 1.29 is 18.0 Å². The Kier molecular flexibility index (Phi) is 6.93. The number of nitrogens with one attached hydrogen (secondary N) is 2. The molecule has 21 heavy (non-hydrogen) atoms. The molecule has 0 saturated carbocycles. The molecule has 124 valence electrons. The highest BCUT2D eigenvalue weighted by Gasteiger charge is 2.32. The molecule has 0 aromatic rings. The third kappa shape index (κ3) is 7.66. The first-order valence-corrected chi connectivity index (χ1v) is 7.44. The predicted octanol–water partition coefficient (Wildman–Crippen LogP) is 1.62. The summed E-state index contributed by atoms with van der Waals surface area (Å²) in [6.07, 6.45) is -3.41. The molecule has 0 aliphatic carbocycles. The maximum absolute atomic E-state index is 12.3. The number of piperidine rings is 1. The Morgan fingerprint density at radius 2 is 2.00 bits per heavy atom. The van der Waals surface area contributed by atoms with Crippen molar-refractivity contribution in [3.63, 3.8) is 0 Å². The van der Waals surface area contributed by atoms with Gasteiger partial charge in [-0.1, -0.05) is 13.8 Å². The lowest BCUT2D eigenvalue weighted by atomic mass is 9.85. The van der Waals surface area contributed by atoms with E-state index in [1.165, 1.54) is 6.92 Å². The van der Waals surface area contributed by atoms with E-state index >= 15 is 0 Å². The average molecular weight is 309 g/mol. The molecule has 1 aliphatic rings. The third-order valence-electron chi connectivity index (χ3n) is 3.89. The summed E-state index contributed by atoms with van der Waals surface area (Å²) in [5.74, 6) is 0.727. The van der Waals surface area contributed by atoms with Crippen molar-refractivity contribution in [2.45, 2.75) is 39.4 Å². The van der Waals surface area contributed by atoms with Crippen LogP contribution in [0.3, 0.4) is 0 Å². The number of carbonyl (C=O) groups excluding carboxylic acids is 1. The Morgan fingerprint density at radius 1 is 1.33 bits per heavy atom. The lowest BCUT2D eigenvalue weighted by molar-refractivity contribution is -0.127. The monoisotopic (exact) mass is 309 g/mol. The van der Waals surface area contributed by atoms with Crippen LogP contribution >= 0.6 is 0 Å². The zero-order valence-electron chi connectivity index (χ0n) is 13.0. The molecule has 7 heteroatoms. The lowest BCUT2D eigenvalue weighted by Gasteiger charge is -2.40. The van der Waals surface area contributed by atoms with Crippen molar-refractivity contribution in [1.29, 1.82) is 0 Å². The standard InChI is InChI=1S/C14H26F3N3O/c1-10(2)12-6-13(19-9-14(15,16)17)8-20(7-12)5-4-18-11(3)21/h10,12-13,19H,4-9H2,1-3H3,(H,18,21). The summed E-state index contributed by atoms with van der Waals surface area (Å²) in [4.78, 5) is 13.0. The number of carbonyl (C=O) groups is 1. The van der Waals surface area contributed by atoms with Crippen molar-refractivity contribution in [2.75, 3.05) is 32.7 Å². The van der Waals surface area contributed by atoms with Crippen molar-refractivity contribution in [1.82, 2.24) is 15.5 Å². The number of hydrogen-bond donors (Lipinski definition) is 2. The molecule has 0 spiro atoms. The van der Waals surface area contributed by atoms with Gasteiger partial charge in [0.2, 0.25) is 5.91 Å². The summed E-state index contributed by atoms with van der Waals surface area (Å²) in [6.45, 7) is 7.40. The molecular weight excluding hydrogens is 283 g/mol. The van der Waals surface area contributed by atoms with Crippen LogP contribution in [0.15, 0.2) is 0 Å². The molecule has 2 unspecified atom stereocenters. The molecule has 2 atom stereocenters. The van der Waals surface area contributed by atoms with E-state index in [0.717, 1.165) is 13.0 Å². The van der Waals surface area contributed by atoms with Crippen LogP contribution in [0.5, 0.6) is 0 Å². The molecule has 1 aliphatic heterocycles. The smallest absolute Gasteiger partial charge is 0.355 e. The van der Waals surface area contributed by atoms with E-state index in [2.05, 4.69) is 29.4 Å². The quantitative estimate of drug-likeness (QED) is 0.784. The molecule has 1 fully saturated rings. The van der Waals surface area contributed by atoms with Crippen molar-refractivity contribution in [3.05, 3.63) is 0 Å². The van der Waals surface area contributed by atoms with E-state index in [1.807, 2.05) is 0 Å². The highest BCUT2D eigenvalue weighted by atomic mass is 19.4. The van der Waals surface area contributed by atoms with Crippen LogP contribution < -0.4 is 10.6 Å². The van der Waals surface area contributed by atoms with E-state index < -0.39 is 12.7 Å². The van der Waals surface area contributed by atoms with E-state index in [0.29, 0.717) is 31.5 Å². The number of halogens is 3. The Bertz CT molecular complexity index is 334. The molecule has 1 rings (SSSR count). The number of hydrogen-bond acceptors (Lipinski definition) is 3. The van der Waals surface area contributed by atoms with Gasteiger partial charge in [0.25, 0.3) is 0 Å². The second-order valence-corrected chi connectivity index (χ2v) is 6.18. The van der Waals surface area contributed by atoms with Crippen LogP contribution in [0.4, 0.5) is 13.2 Å². The molecule has 4 nitrogen and oxygen atoms in total. The van der Waals surface area contributed by atoms with Gasteiger partial charge in [-0.25, -0.2) is 0 Å². The minimum Gasteiger partial charge on any atom is -0.355 e. The minimum absolute atomic E-state index is 0.0841. The van der Waals surface area contributed by atoms with Gasteiger partial charge in [-0.2, -0.15) is 13.2 Å². The molecule has 0 radical (unpaired) electrons. The largest absolute Gasteiger partial charge is 0.401 e. The van der Waals surface area contributed by atoms with E-state index in [9.17, 15) is 18.0 Å². The fraction of sp³-hybridized carbons (Fsp3) is 0.929. The van der Waals surface area contributed by atoms with Gasteiger partial charge in [0.05, 0.1) is 6.54 Å². The molecular formula is C14H26F3N3O. The summed E-state index contributed by atoms with van der Waals surface area (Å²) >= 11 is 0. The molecule has 1 heterocycles. The van der Waals surface area contributed by atoms with Crippen LogP contribution in [-0.4, -0.2) is 55.7 Å². The summed E-state index contributed by atoms with van der Waals surface area (Å²) in [5.41, 5.74) is 0. The first-order chi connectivity index (χ1) is 9.67. The van der Waals surface area contributed by atoms with Gasteiger partial charge >= 0.3 is 6.18 Å². The highest BCUT2D eigenvalue weighted by Crippen LogP contribution is 2.24. The molecule has 0 aromatic heterocycles. The maximum atomic E-state index is 12.3. The molecule has 1 amide bonds. The SMILES string of the molecule is CC(=O)NCCN1CC(NCC(F)(F)F)CC(C(C)C)C1. The van der Waals surface area contributed by atoms with Gasteiger partial charge < -0.3 is 10.6 Å². The average Bonchev–Trinajstić information content (AvgIpc) is 2.35. The zero-order valence-corrected chi connectivity index (χ0v) is 13.0. The number of alkyl halides is 3. The van der Waals surface area contributed by atoms with E-state index in [1.54, 1.807) is 0 Å². The number of nitrogens with zero attached hydrogens (tertiary/aromatic N) is 1. The van der Waals surface area contributed by atoms with Gasteiger partial charge in [-0.3, -0.25) is 9.69 Å². The van der Waals surface area contributed by atoms with Crippen LogP contribution in [0, 0.1) is 11.8 Å². The van der Waals surface area contributed by atoms with Crippen molar-refractivity contribution in [3.8, 4) is 0 Å². The Hall–Kier alpha value is -0.820. The normalized spacial score (nSPS) is 24.3. The van der Waals surface area contributed by atoms with Crippen LogP contribution in [0.25, 0.3) is 0 Å². The highest BCUT2D eigenvalue weighted by molar-refractivity contribution is 5.72. The van der Waals surface area contributed by atoms with Crippen molar-refractivity contribution >= 4 is 5.91 Å². The van der Waals surface area contributed by atoms with Gasteiger partial charge in [-0.05, 0) is 18.3 Å². The molecule has 0 aromatic carbocycles. The second kappa shape index (κ2) is 7.98. The fourth-order valence-corrected chi connectivity index (χ4v) is 2.70. The summed E-state index contributed by atoms with van der Waals surface area (Å²) in [6, 6.07) is -0.148. The van der Waals surface area contributed by atoms with Crippen molar-refractivity contribution in [2.24, 2.45) is 11.8 Å². The molecule has 1 saturated heterocycles. The van der Waals surface area contributed by atoms with E-state index in [4.69, 9.17) is 0 Å². The maximum Gasteiger partial charge on any atom is 0.401 e. The van der Waals surface area contributed by atoms with Gasteiger partial charge in [0.1, 0.15) is 0 Å². The fourth-order valence-electron chi connectivity index (χ4n) is 2.70.